The Bertz CT molecular complexity index is 484. The highest BCUT2D eigenvalue weighted by Crippen LogP contribution is 2.00. The topological polar surface area (TPSA) is 17.1 Å². The molecular weight excluding hydrogens is 304 g/mol. The van der Waals surface area contributed by atoms with E-state index in [1.54, 1.807) is 0 Å². The molecule has 0 aromatic rings. The Balaban J connectivity index is 3.59. The molecule has 25 heavy (non-hydrogen) atoms. The van der Waals surface area contributed by atoms with Crippen molar-refractivity contribution in [1.29, 1.82) is 0 Å². The summed E-state index contributed by atoms with van der Waals surface area (Å²) in [6.45, 7) is 6.04. The van der Waals surface area contributed by atoms with Crippen molar-refractivity contribution in [2.24, 2.45) is 5.92 Å². The van der Waals surface area contributed by atoms with Gasteiger partial charge in [-0.3, -0.25) is 4.79 Å². The van der Waals surface area contributed by atoms with E-state index in [0.717, 1.165) is 38.5 Å². The summed E-state index contributed by atoms with van der Waals surface area (Å²) < 4.78 is 0. The number of hydrogen-bond acceptors (Lipinski definition) is 1. The average molecular weight is 341 g/mol. The fourth-order valence-electron chi connectivity index (χ4n) is 1.96. The van der Waals surface area contributed by atoms with Crippen LogP contribution in [0.15, 0.2) is 72.9 Å². The highest BCUT2D eigenvalue weighted by atomic mass is 16.1. The van der Waals surface area contributed by atoms with Crippen molar-refractivity contribution in [1.82, 2.24) is 0 Å². The van der Waals surface area contributed by atoms with Crippen LogP contribution in [0.25, 0.3) is 0 Å². The Morgan fingerprint density at radius 2 is 0.920 bits per heavy atom. The number of carbonyl (C=O) groups excluding carboxylic acids is 1. The van der Waals surface area contributed by atoms with Gasteiger partial charge >= 0.3 is 0 Å². The van der Waals surface area contributed by atoms with E-state index in [1.807, 2.05) is 19.9 Å². The van der Waals surface area contributed by atoms with Crippen LogP contribution in [0.2, 0.25) is 0 Å². The second kappa shape index (κ2) is 18.4. The third-order valence-corrected chi connectivity index (χ3v) is 3.56. The lowest BCUT2D eigenvalue weighted by Crippen LogP contribution is -2.04. The lowest BCUT2D eigenvalue weighted by molar-refractivity contribution is -0.121. The second-order valence-electron chi connectivity index (χ2n) is 6.24. The van der Waals surface area contributed by atoms with E-state index in [2.05, 4.69) is 73.8 Å². The van der Waals surface area contributed by atoms with Crippen molar-refractivity contribution in [2.45, 2.75) is 65.7 Å². The maximum atomic E-state index is 11.4. The van der Waals surface area contributed by atoms with Gasteiger partial charge in [-0.05, 0) is 38.5 Å². The van der Waals surface area contributed by atoms with Crippen LogP contribution in [0.1, 0.15) is 65.7 Å². The van der Waals surface area contributed by atoms with Crippen molar-refractivity contribution < 1.29 is 4.79 Å². The van der Waals surface area contributed by atoms with Crippen LogP contribution < -0.4 is 0 Å². The molecule has 0 unspecified atom stereocenters. The Kier molecular flexibility index (Phi) is 17.1. The van der Waals surface area contributed by atoms with Gasteiger partial charge in [0.15, 0.2) is 0 Å². The van der Waals surface area contributed by atoms with E-state index >= 15 is 0 Å². The molecule has 0 aromatic carbocycles. The summed E-state index contributed by atoms with van der Waals surface area (Å²) in [6, 6.07) is 0. The Labute approximate surface area is 155 Å². The predicted octanol–water partition coefficient (Wildman–Crippen LogP) is 7.30. The van der Waals surface area contributed by atoms with Crippen molar-refractivity contribution in [2.75, 3.05) is 0 Å². The van der Waals surface area contributed by atoms with Crippen LogP contribution in [-0.2, 0) is 4.79 Å². The Morgan fingerprint density at radius 1 is 0.600 bits per heavy atom. The first-order valence-corrected chi connectivity index (χ1v) is 9.61. The van der Waals surface area contributed by atoms with Gasteiger partial charge in [0.25, 0.3) is 0 Å². The summed E-state index contributed by atoms with van der Waals surface area (Å²) in [5.41, 5.74) is 0. The van der Waals surface area contributed by atoms with E-state index in [9.17, 15) is 4.79 Å². The van der Waals surface area contributed by atoms with Gasteiger partial charge in [0.05, 0.1) is 0 Å². The lowest BCUT2D eigenvalue weighted by atomic mass is 10.1. The van der Waals surface area contributed by atoms with Crippen LogP contribution in [0.4, 0.5) is 0 Å². The van der Waals surface area contributed by atoms with Crippen LogP contribution in [0.5, 0.6) is 0 Å². The van der Waals surface area contributed by atoms with Crippen molar-refractivity contribution >= 4 is 5.78 Å². The van der Waals surface area contributed by atoms with Crippen molar-refractivity contribution in [3.8, 4) is 0 Å². The molecule has 0 radical (unpaired) electrons. The first-order chi connectivity index (χ1) is 12.2. The van der Waals surface area contributed by atoms with Crippen LogP contribution >= 0.6 is 0 Å². The third-order valence-electron chi connectivity index (χ3n) is 3.56. The summed E-state index contributed by atoms with van der Waals surface area (Å²) in [5, 5.41) is 0. The van der Waals surface area contributed by atoms with E-state index in [4.69, 9.17) is 0 Å². The van der Waals surface area contributed by atoms with E-state index in [-0.39, 0.29) is 5.92 Å². The SMILES string of the molecule is CC/C=C\C/C=C\C/C=C\C/C=C\C/C=C\C/C=C\CC(=O)C(C)C. The fourth-order valence-corrected chi connectivity index (χ4v) is 1.96. The highest BCUT2D eigenvalue weighted by Gasteiger charge is 2.02. The molecule has 0 saturated carbocycles. The van der Waals surface area contributed by atoms with Gasteiger partial charge in [-0.15, -0.1) is 0 Å². The molecule has 1 nitrogen and oxygen atoms in total. The van der Waals surface area contributed by atoms with E-state index in [1.165, 1.54) is 0 Å². The van der Waals surface area contributed by atoms with Gasteiger partial charge in [0.2, 0.25) is 0 Å². The van der Waals surface area contributed by atoms with Crippen molar-refractivity contribution in [3.05, 3.63) is 72.9 Å². The van der Waals surface area contributed by atoms with Gasteiger partial charge in [0.1, 0.15) is 5.78 Å². The maximum absolute atomic E-state index is 11.4. The molecule has 0 aliphatic carbocycles. The molecule has 0 aromatic heterocycles. The minimum Gasteiger partial charge on any atom is -0.299 e. The molecule has 0 rings (SSSR count). The van der Waals surface area contributed by atoms with Crippen LogP contribution in [0, 0.1) is 5.92 Å². The molecule has 0 N–H and O–H groups in total. The second-order valence-corrected chi connectivity index (χ2v) is 6.24. The largest absolute Gasteiger partial charge is 0.299 e. The number of ketones is 1. The Hall–Kier alpha value is -1.89. The fraction of sp³-hybridized carbons (Fsp3) is 0.458. The lowest BCUT2D eigenvalue weighted by Gasteiger charge is -1.98. The normalized spacial score (nSPS) is 13.3. The summed E-state index contributed by atoms with van der Waals surface area (Å²) in [4.78, 5) is 11.4. The molecule has 0 bridgehead atoms. The minimum absolute atomic E-state index is 0.137. The van der Waals surface area contributed by atoms with Gasteiger partial charge < -0.3 is 0 Å². The quantitative estimate of drug-likeness (QED) is 0.303. The molecule has 138 valence electrons. The van der Waals surface area contributed by atoms with E-state index in [0.29, 0.717) is 12.2 Å². The molecule has 0 amide bonds. The molecular formula is C24H36O. The smallest absolute Gasteiger partial charge is 0.139 e. The molecule has 0 spiro atoms. The van der Waals surface area contributed by atoms with Gasteiger partial charge in [-0.2, -0.15) is 0 Å². The number of Topliss-reactive ketones (excluding diaryl/α,β-unsaturated/α-hetero) is 1. The molecule has 0 atom stereocenters. The molecule has 0 heterocycles. The van der Waals surface area contributed by atoms with Crippen LogP contribution in [-0.4, -0.2) is 5.78 Å². The summed E-state index contributed by atoms with van der Waals surface area (Å²) in [6.07, 6.45) is 32.6. The number of hydrogen-bond donors (Lipinski definition) is 0. The number of carbonyl (C=O) groups is 1. The standard InChI is InChI=1S/C24H36O/c1-4-5-6-7-8-9-10-11-12-13-14-15-16-17-18-19-20-21-22-24(25)23(2)3/h5-6,8-9,11-12,14-15,17-18,20-21,23H,4,7,10,13,16,19,22H2,1-3H3/b6-5-,9-8-,12-11-,15-14-,18-17-,21-20-. The summed E-state index contributed by atoms with van der Waals surface area (Å²) in [5.74, 6) is 0.443. The summed E-state index contributed by atoms with van der Waals surface area (Å²) >= 11 is 0. The highest BCUT2D eigenvalue weighted by molar-refractivity contribution is 5.81. The molecule has 0 aliphatic rings. The zero-order chi connectivity index (χ0) is 18.6. The Morgan fingerprint density at radius 3 is 1.24 bits per heavy atom. The average Bonchev–Trinajstić information content (AvgIpc) is 2.60. The maximum Gasteiger partial charge on any atom is 0.139 e. The monoisotopic (exact) mass is 340 g/mol. The molecule has 1 heteroatoms. The van der Waals surface area contributed by atoms with Gasteiger partial charge in [-0.1, -0.05) is 93.7 Å². The van der Waals surface area contributed by atoms with Gasteiger partial charge in [0, 0.05) is 12.3 Å². The molecule has 0 aliphatic heterocycles. The third kappa shape index (κ3) is 18.3. The number of rotatable bonds is 14. The summed E-state index contributed by atoms with van der Waals surface area (Å²) in [7, 11) is 0. The number of allylic oxidation sites excluding steroid dienone is 12. The predicted molar refractivity (Wildman–Crippen MR) is 113 cm³/mol. The molecule has 0 saturated heterocycles. The zero-order valence-electron chi connectivity index (χ0n) is 16.4. The van der Waals surface area contributed by atoms with Crippen molar-refractivity contribution in [3.63, 3.8) is 0 Å². The zero-order valence-corrected chi connectivity index (χ0v) is 16.4. The first-order valence-electron chi connectivity index (χ1n) is 9.61. The van der Waals surface area contributed by atoms with E-state index < -0.39 is 0 Å². The molecule has 0 fully saturated rings. The van der Waals surface area contributed by atoms with Gasteiger partial charge in [-0.25, -0.2) is 0 Å². The minimum atomic E-state index is 0.137. The first kappa shape index (κ1) is 23.1. The van der Waals surface area contributed by atoms with Crippen LogP contribution in [0.3, 0.4) is 0 Å².